The maximum atomic E-state index is 11.2. The third-order valence-corrected chi connectivity index (χ3v) is 4.24. The Morgan fingerprint density at radius 1 is 1.11 bits per heavy atom. The lowest BCUT2D eigenvalue weighted by Gasteiger charge is -2.27. The SMILES string of the molecule is CS(=O)(=O)Cc1ccc(CCN2CCNCC2)cc1. The number of hydrogen-bond donors (Lipinski definition) is 1. The summed E-state index contributed by atoms with van der Waals surface area (Å²) < 4.78 is 22.4. The Labute approximate surface area is 115 Å². The molecule has 0 saturated carbocycles. The largest absolute Gasteiger partial charge is 0.314 e. The Bertz CT molecular complexity index is 491. The Kier molecular flexibility index (Phi) is 4.96. The molecule has 1 aromatic rings. The lowest BCUT2D eigenvalue weighted by molar-refractivity contribution is 0.244. The van der Waals surface area contributed by atoms with Crippen molar-refractivity contribution in [3.05, 3.63) is 35.4 Å². The van der Waals surface area contributed by atoms with Crippen molar-refractivity contribution in [2.45, 2.75) is 12.2 Å². The van der Waals surface area contributed by atoms with Gasteiger partial charge in [-0.2, -0.15) is 0 Å². The molecule has 0 aliphatic carbocycles. The van der Waals surface area contributed by atoms with E-state index in [0.29, 0.717) is 0 Å². The zero-order valence-electron chi connectivity index (χ0n) is 11.4. The van der Waals surface area contributed by atoms with Crippen molar-refractivity contribution in [2.24, 2.45) is 0 Å². The number of benzene rings is 1. The molecule has 0 amide bonds. The first-order chi connectivity index (χ1) is 9.03. The molecule has 4 nitrogen and oxygen atoms in total. The van der Waals surface area contributed by atoms with Gasteiger partial charge in [-0.1, -0.05) is 24.3 Å². The average Bonchev–Trinajstić information content (AvgIpc) is 2.37. The Balaban J connectivity index is 1.84. The number of nitrogens with zero attached hydrogens (tertiary/aromatic N) is 1. The fraction of sp³-hybridized carbons (Fsp3) is 0.571. The maximum Gasteiger partial charge on any atom is 0.151 e. The highest BCUT2D eigenvalue weighted by atomic mass is 32.2. The standard InChI is InChI=1S/C14H22N2O2S/c1-19(17,18)12-14-4-2-13(3-5-14)6-9-16-10-7-15-8-11-16/h2-5,15H,6-12H2,1H3. The summed E-state index contributed by atoms with van der Waals surface area (Å²) in [5.74, 6) is 0.130. The molecule has 1 aromatic carbocycles. The van der Waals surface area contributed by atoms with Crippen molar-refractivity contribution < 1.29 is 8.42 Å². The highest BCUT2D eigenvalue weighted by molar-refractivity contribution is 7.89. The van der Waals surface area contributed by atoms with E-state index in [1.54, 1.807) is 0 Å². The smallest absolute Gasteiger partial charge is 0.151 e. The van der Waals surface area contributed by atoms with E-state index in [4.69, 9.17) is 0 Å². The van der Waals surface area contributed by atoms with Gasteiger partial charge >= 0.3 is 0 Å². The lowest BCUT2D eigenvalue weighted by atomic mass is 10.1. The Morgan fingerprint density at radius 3 is 2.26 bits per heavy atom. The second kappa shape index (κ2) is 6.50. The summed E-state index contributed by atoms with van der Waals surface area (Å²) in [5.41, 5.74) is 2.14. The van der Waals surface area contributed by atoms with Gasteiger partial charge in [-0.05, 0) is 17.5 Å². The van der Waals surface area contributed by atoms with E-state index in [2.05, 4.69) is 10.2 Å². The van der Waals surface area contributed by atoms with E-state index < -0.39 is 9.84 Å². The number of hydrogen-bond acceptors (Lipinski definition) is 4. The molecule has 1 saturated heterocycles. The molecular weight excluding hydrogens is 260 g/mol. The van der Waals surface area contributed by atoms with Crippen molar-refractivity contribution in [3.8, 4) is 0 Å². The summed E-state index contributed by atoms with van der Waals surface area (Å²) in [7, 11) is -2.93. The predicted molar refractivity (Wildman–Crippen MR) is 78.0 cm³/mol. The summed E-state index contributed by atoms with van der Waals surface area (Å²) in [6.07, 6.45) is 2.30. The molecule has 0 bridgehead atoms. The maximum absolute atomic E-state index is 11.2. The Hall–Kier alpha value is -0.910. The second-order valence-corrected chi connectivity index (χ2v) is 7.37. The molecule has 106 valence electrons. The van der Waals surface area contributed by atoms with Gasteiger partial charge in [0.15, 0.2) is 9.84 Å². The van der Waals surface area contributed by atoms with Crippen LogP contribution in [0.15, 0.2) is 24.3 Å². The molecule has 5 heteroatoms. The number of rotatable bonds is 5. The highest BCUT2D eigenvalue weighted by Gasteiger charge is 2.09. The van der Waals surface area contributed by atoms with Crippen LogP contribution < -0.4 is 5.32 Å². The molecule has 2 rings (SSSR count). The summed E-state index contributed by atoms with van der Waals surface area (Å²) in [5, 5.41) is 3.34. The van der Waals surface area contributed by atoms with Crippen molar-refractivity contribution in [1.82, 2.24) is 10.2 Å². The molecule has 0 spiro atoms. The van der Waals surface area contributed by atoms with E-state index >= 15 is 0 Å². The molecule has 0 radical (unpaired) electrons. The lowest BCUT2D eigenvalue weighted by Crippen LogP contribution is -2.44. The van der Waals surface area contributed by atoms with Crippen LogP contribution in [-0.4, -0.2) is 52.3 Å². The van der Waals surface area contributed by atoms with Crippen LogP contribution in [0, 0.1) is 0 Å². The van der Waals surface area contributed by atoms with Crippen LogP contribution in [0.25, 0.3) is 0 Å². The van der Waals surface area contributed by atoms with Crippen LogP contribution in [0.1, 0.15) is 11.1 Å². The van der Waals surface area contributed by atoms with Gasteiger partial charge in [-0.3, -0.25) is 0 Å². The van der Waals surface area contributed by atoms with E-state index in [-0.39, 0.29) is 5.75 Å². The van der Waals surface area contributed by atoms with Gasteiger partial charge < -0.3 is 10.2 Å². The molecule has 1 N–H and O–H groups in total. The fourth-order valence-electron chi connectivity index (χ4n) is 2.33. The van der Waals surface area contributed by atoms with Crippen LogP contribution in [0.2, 0.25) is 0 Å². The van der Waals surface area contributed by atoms with Gasteiger partial charge in [-0.15, -0.1) is 0 Å². The zero-order valence-corrected chi connectivity index (χ0v) is 12.2. The number of nitrogens with one attached hydrogen (secondary N) is 1. The quantitative estimate of drug-likeness (QED) is 0.863. The molecule has 19 heavy (non-hydrogen) atoms. The Morgan fingerprint density at radius 2 is 1.68 bits per heavy atom. The second-order valence-electron chi connectivity index (χ2n) is 5.23. The highest BCUT2D eigenvalue weighted by Crippen LogP contribution is 2.09. The van der Waals surface area contributed by atoms with E-state index in [0.717, 1.165) is 44.7 Å². The summed E-state index contributed by atoms with van der Waals surface area (Å²) in [6.45, 7) is 5.46. The number of sulfone groups is 1. The van der Waals surface area contributed by atoms with Gasteiger partial charge in [0.25, 0.3) is 0 Å². The summed E-state index contributed by atoms with van der Waals surface area (Å²) >= 11 is 0. The predicted octanol–water partition coefficient (Wildman–Crippen LogP) is 0.679. The molecule has 1 fully saturated rings. The minimum absolute atomic E-state index is 0.130. The van der Waals surface area contributed by atoms with E-state index in [1.165, 1.54) is 11.8 Å². The third-order valence-electron chi connectivity index (χ3n) is 3.38. The summed E-state index contributed by atoms with van der Waals surface area (Å²) in [4.78, 5) is 2.46. The van der Waals surface area contributed by atoms with Crippen LogP contribution >= 0.6 is 0 Å². The molecule has 1 aliphatic rings. The first-order valence-electron chi connectivity index (χ1n) is 6.71. The normalized spacial score (nSPS) is 17.5. The molecule has 1 heterocycles. The third kappa shape index (κ3) is 5.30. The number of piperazine rings is 1. The summed E-state index contributed by atoms with van der Waals surface area (Å²) in [6, 6.07) is 7.94. The van der Waals surface area contributed by atoms with Crippen molar-refractivity contribution in [2.75, 3.05) is 39.0 Å². The first kappa shape index (κ1) is 14.5. The van der Waals surface area contributed by atoms with Gasteiger partial charge in [0.2, 0.25) is 0 Å². The first-order valence-corrected chi connectivity index (χ1v) is 8.78. The van der Waals surface area contributed by atoms with Crippen molar-refractivity contribution >= 4 is 9.84 Å². The minimum atomic E-state index is -2.93. The van der Waals surface area contributed by atoms with Crippen LogP contribution in [0.5, 0.6) is 0 Å². The van der Waals surface area contributed by atoms with Gasteiger partial charge in [0.1, 0.15) is 0 Å². The van der Waals surface area contributed by atoms with Crippen LogP contribution in [-0.2, 0) is 22.0 Å². The van der Waals surface area contributed by atoms with Crippen molar-refractivity contribution in [3.63, 3.8) is 0 Å². The monoisotopic (exact) mass is 282 g/mol. The fourth-order valence-corrected chi connectivity index (χ4v) is 3.12. The minimum Gasteiger partial charge on any atom is -0.314 e. The molecular formula is C14H22N2O2S. The van der Waals surface area contributed by atoms with Crippen molar-refractivity contribution in [1.29, 1.82) is 0 Å². The van der Waals surface area contributed by atoms with Crippen LogP contribution in [0.3, 0.4) is 0 Å². The zero-order chi connectivity index (χ0) is 13.7. The molecule has 0 unspecified atom stereocenters. The van der Waals surface area contributed by atoms with Gasteiger partial charge in [0.05, 0.1) is 5.75 Å². The average molecular weight is 282 g/mol. The van der Waals surface area contributed by atoms with Gasteiger partial charge in [0, 0.05) is 39.0 Å². The van der Waals surface area contributed by atoms with Crippen LogP contribution in [0.4, 0.5) is 0 Å². The van der Waals surface area contributed by atoms with E-state index in [1.807, 2.05) is 24.3 Å². The molecule has 0 aromatic heterocycles. The van der Waals surface area contributed by atoms with Gasteiger partial charge in [-0.25, -0.2) is 8.42 Å². The molecule has 1 aliphatic heterocycles. The topological polar surface area (TPSA) is 49.4 Å². The molecule has 0 atom stereocenters. The van der Waals surface area contributed by atoms with E-state index in [9.17, 15) is 8.42 Å².